The standard InChI is InChI=1S/C19H19N3O4S2/c1-10-6-5-7-13(8-10)16-21-22-19(26-16)27-9-14(23)20-17-15(18(24)25-4)11(2)12(3)28-17/h5-8H,9H2,1-4H3,(H,20,23). The van der Waals surface area contributed by atoms with Crippen molar-refractivity contribution in [3.8, 4) is 11.5 Å². The molecule has 7 nitrogen and oxygen atoms in total. The molecule has 0 atom stereocenters. The molecule has 0 unspecified atom stereocenters. The molecule has 0 aliphatic carbocycles. The van der Waals surface area contributed by atoms with Gasteiger partial charge in [-0.1, -0.05) is 29.5 Å². The molecule has 2 aromatic heterocycles. The average molecular weight is 418 g/mol. The number of thioether (sulfide) groups is 1. The van der Waals surface area contributed by atoms with Crippen LogP contribution >= 0.6 is 23.1 Å². The predicted octanol–water partition coefficient (Wildman–Crippen LogP) is 4.24. The minimum atomic E-state index is -0.468. The number of hydrogen-bond donors (Lipinski definition) is 1. The van der Waals surface area contributed by atoms with Crippen molar-refractivity contribution >= 4 is 40.0 Å². The number of anilines is 1. The fourth-order valence-corrected chi connectivity index (χ4v) is 4.14. The molecule has 0 saturated carbocycles. The van der Waals surface area contributed by atoms with Gasteiger partial charge in [0.1, 0.15) is 5.00 Å². The van der Waals surface area contributed by atoms with Crippen LogP contribution < -0.4 is 5.32 Å². The lowest BCUT2D eigenvalue weighted by Crippen LogP contribution is -2.16. The number of nitrogens with zero attached hydrogens (tertiary/aromatic N) is 2. The van der Waals surface area contributed by atoms with E-state index in [-0.39, 0.29) is 11.7 Å². The first-order valence-corrected chi connectivity index (χ1v) is 10.2. The van der Waals surface area contributed by atoms with Crippen LogP contribution in [0.2, 0.25) is 0 Å². The van der Waals surface area contributed by atoms with Gasteiger partial charge in [-0.2, -0.15) is 0 Å². The maximum Gasteiger partial charge on any atom is 0.341 e. The number of aromatic nitrogens is 2. The predicted molar refractivity (Wildman–Crippen MR) is 109 cm³/mol. The molecule has 0 fully saturated rings. The van der Waals surface area contributed by atoms with E-state index in [1.807, 2.05) is 45.0 Å². The highest BCUT2D eigenvalue weighted by molar-refractivity contribution is 7.99. The van der Waals surface area contributed by atoms with Crippen LogP contribution in [0.4, 0.5) is 5.00 Å². The second-order valence-electron chi connectivity index (χ2n) is 6.06. The molecule has 0 saturated heterocycles. The summed E-state index contributed by atoms with van der Waals surface area (Å²) in [7, 11) is 1.32. The Balaban J connectivity index is 1.64. The summed E-state index contributed by atoms with van der Waals surface area (Å²) in [5.41, 5.74) is 3.12. The van der Waals surface area contributed by atoms with Gasteiger partial charge in [-0.15, -0.1) is 21.5 Å². The van der Waals surface area contributed by atoms with E-state index in [0.29, 0.717) is 21.7 Å². The second-order valence-corrected chi connectivity index (χ2v) is 8.21. The largest absolute Gasteiger partial charge is 0.465 e. The van der Waals surface area contributed by atoms with Gasteiger partial charge in [-0.3, -0.25) is 4.79 Å². The summed E-state index contributed by atoms with van der Waals surface area (Å²) >= 11 is 2.48. The summed E-state index contributed by atoms with van der Waals surface area (Å²) in [4.78, 5) is 25.3. The number of thiophene rings is 1. The summed E-state index contributed by atoms with van der Waals surface area (Å²) in [6.07, 6.45) is 0. The molecule has 1 N–H and O–H groups in total. The average Bonchev–Trinajstić information content (AvgIpc) is 3.25. The van der Waals surface area contributed by atoms with Crippen LogP contribution in [0.3, 0.4) is 0 Å². The lowest BCUT2D eigenvalue weighted by molar-refractivity contribution is -0.113. The normalized spacial score (nSPS) is 10.7. The Bertz CT molecular complexity index is 1030. The zero-order valence-corrected chi connectivity index (χ0v) is 17.5. The summed E-state index contributed by atoms with van der Waals surface area (Å²) in [6.45, 7) is 5.70. The molecule has 3 aromatic rings. The van der Waals surface area contributed by atoms with E-state index in [1.165, 1.54) is 18.4 Å². The van der Waals surface area contributed by atoms with Crippen LogP contribution in [0.25, 0.3) is 11.5 Å². The Morgan fingerprint density at radius 3 is 2.75 bits per heavy atom. The number of aryl methyl sites for hydroxylation is 2. The van der Waals surface area contributed by atoms with Crippen molar-refractivity contribution < 1.29 is 18.7 Å². The monoisotopic (exact) mass is 417 g/mol. The fourth-order valence-electron chi connectivity index (χ4n) is 2.52. The van der Waals surface area contributed by atoms with Crippen molar-refractivity contribution in [2.24, 2.45) is 0 Å². The first-order valence-electron chi connectivity index (χ1n) is 8.40. The summed E-state index contributed by atoms with van der Waals surface area (Å²) in [5, 5.41) is 11.6. The maximum atomic E-state index is 12.3. The molecule has 9 heteroatoms. The van der Waals surface area contributed by atoms with Crippen LogP contribution in [0.5, 0.6) is 0 Å². The molecule has 28 heavy (non-hydrogen) atoms. The van der Waals surface area contributed by atoms with E-state index in [0.717, 1.165) is 33.3 Å². The number of carbonyl (C=O) groups excluding carboxylic acids is 2. The SMILES string of the molecule is COC(=O)c1c(NC(=O)CSc2nnc(-c3cccc(C)c3)o2)sc(C)c1C. The fraction of sp³-hybridized carbons (Fsp3) is 0.263. The van der Waals surface area contributed by atoms with E-state index < -0.39 is 5.97 Å². The van der Waals surface area contributed by atoms with Gasteiger partial charge < -0.3 is 14.5 Å². The Hall–Kier alpha value is -2.65. The highest BCUT2D eigenvalue weighted by atomic mass is 32.2. The Morgan fingerprint density at radius 2 is 2.04 bits per heavy atom. The maximum absolute atomic E-state index is 12.3. The smallest absolute Gasteiger partial charge is 0.341 e. The summed E-state index contributed by atoms with van der Waals surface area (Å²) < 4.78 is 10.4. The number of methoxy groups -OCH3 is 1. The molecule has 2 heterocycles. The van der Waals surface area contributed by atoms with Crippen molar-refractivity contribution in [1.82, 2.24) is 10.2 Å². The van der Waals surface area contributed by atoms with E-state index in [4.69, 9.17) is 9.15 Å². The highest BCUT2D eigenvalue weighted by Crippen LogP contribution is 2.33. The first kappa shape index (κ1) is 20.1. The van der Waals surface area contributed by atoms with E-state index in [2.05, 4.69) is 15.5 Å². The van der Waals surface area contributed by atoms with Crippen molar-refractivity contribution in [2.45, 2.75) is 26.0 Å². The molecule has 146 valence electrons. The Labute approximate surface area is 170 Å². The second kappa shape index (κ2) is 8.57. The third-order valence-electron chi connectivity index (χ3n) is 4.03. The lowest BCUT2D eigenvalue weighted by Gasteiger charge is -2.05. The van der Waals surface area contributed by atoms with Gasteiger partial charge >= 0.3 is 5.97 Å². The van der Waals surface area contributed by atoms with Gasteiger partial charge in [-0.05, 0) is 38.5 Å². The van der Waals surface area contributed by atoms with E-state index >= 15 is 0 Å². The number of ether oxygens (including phenoxy) is 1. The van der Waals surface area contributed by atoms with E-state index in [9.17, 15) is 9.59 Å². The molecule has 1 amide bonds. The Morgan fingerprint density at radius 1 is 1.25 bits per heavy atom. The van der Waals surface area contributed by atoms with Crippen LogP contribution in [0.15, 0.2) is 33.9 Å². The van der Waals surface area contributed by atoms with Crippen molar-refractivity contribution in [3.63, 3.8) is 0 Å². The van der Waals surface area contributed by atoms with Gasteiger partial charge in [-0.25, -0.2) is 4.79 Å². The molecule has 3 rings (SSSR count). The molecule has 0 spiro atoms. The Kier molecular flexibility index (Phi) is 6.15. The van der Waals surface area contributed by atoms with Gasteiger partial charge in [0, 0.05) is 10.4 Å². The van der Waals surface area contributed by atoms with E-state index in [1.54, 1.807) is 0 Å². The number of carbonyl (C=O) groups is 2. The third-order valence-corrected chi connectivity index (χ3v) is 5.97. The zero-order valence-electron chi connectivity index (χ0n) is 15.9. The van der Waals surface area contributed by atoms with Gasteiger partial charge in [0.2, 0.25) is 11.8 Å². The number of benzene rings is 1. The number of amides is 1. The number of esters is 1. The van der Waals surface area contributed by atoms with Crippen molar-refractivity contribution in [1.29, 1.82) is 0 Å². The lowest BCUT2D eigenvalue weighted by atomic mass is 10.1. The van der Waals surface area contributed by atoms with Crippen LogP contribution in [0, 0.1) is 20.8 Å². The van der Waals surface area contributed by atoms with Crippen molar-refractivity contribution in [3.05, 3.63) is 45.8 Å². The molecule has 0 aliphatic heterocycles. The molecule has 1 aromatic carbocycles. The molecule has 0 aliphatic rings. The molecular weight excluding hydrogens is 398 g/mol. The number of hydrogen-bond acceptors (Lipinski definition) is 8. The van der Waals surface area contributed by atoms with Crippen LogP contribution in [0.1, 0.15) is 26.4 Å². The quantitative estimate of drug-likeness (QED) is 0.473. The summed E-state index contributed by atoms with van der Waals surface area (Å²) in [6, 6.07) is 7.73. The minimum absolute atomic E-state index is 0.0755. The third kappa shape index (κ3) is 4.42. The van der Waals surface area contributed by atoms with Gasteiger partial charge in [0.25, 0.3) is 5.22 Å². The zero-order chi connectivity index (χ0) is 20.3. The molecule has 0 bridgehead atoms. The number of rotatable bonds is 6. The molecular formula is C19H19N3O4S2. The first-order chi connectivity index (χ1) is 13.4. The minimum Gasteiger partial charge on any atom is -0.465 e. The topological polar surface area (TPSA) is 94.3 Å². The van der Waals surface area contributed by atoms with Gasteiger partial charge in [0.05, 0.1) is 18.4 Å². The summed E-state index contributed by atoms with van der Waals surface area (Å²) in [5.74, 6) is -0.258. The van der Waals surface area contributed by atoms with Crippen molar-refractivity contribution in [2.75, 3.05) is 18.2 Å². The number of nitrogens with one attached hydrogen (secondary N) is 1. The van der Waals surface area contributed by atoms with Gasteiger partial charge in [0.15, 0.2) is 0 Å². The van der Waals surface area contributed by atoms with Crippen LogP contribution in [-0.4, -0.2) is 34.9 Å². The molecule has 0 radical (unpaired) electrons. The highest BCUT2D eigenvalue weighted by Gasteiger charge is 2.22. The van der Waals surface area contributed by atoms with Crippen LogP contribution in [-0.2, 0) is 9.53 Å².